The van der Waals surface area contributed by atoms with Crippen molar-refractivity contribution in [2.75, 3.05) is 23.1 Å². The first-order chi connectivity index (χ1) is 12.7. The van der Waals surface area contributed by atoms with Crippen LogP contribution in [0.3, 0.4) is 0 Å². The largest absolute Gasteiger partial charge is 0.496 e. The summed E-state index contributed by atoms with van der Waals surface area (Å²) in [5.74, 6) is 1.54. The van der Waals surface area contributed by atoms with Crippen molar-refractivity contribution in [2.45, 2.75) is 6.54 Å². The van der Waals surface area contributed by atoms with E-state index in [9.17, 15) is 4.79 Å². The second kappa shape index (κ2) is 8.53. The molecule has 0 saturated heterocycles. The third kappa shape index (κ3) is 4.73. The van der Waals surface area contributed by atoms with Gasteiger partial charge in [0.15, 0.2) is 0 Å². The van der Waals surface area contributed by atoms with Crippen LogP contribution < -0.4 is 20.7 Å². The monoisotopic (exact) mass is 348 g/mol. The number of nitrogens with zero attached hydrogens (tertiary/aromatic N) is 1. The molecule has 6 nitrogen and oxygen atoms in total. The SMILES string of the molecule is COc1ccccc1CNc1ccc(NC(=O)Nc2ccccc2)cn1. The van der Waals surface area contributed by atoms with Gasteiger partial charge in [-0.15, -0.1) is 0 Å². The van der Waals surface area contributed by atoms with E-state index in [4.69, 9.17) is 4.74 Å². The second-order valence-corrected chi connectivity index (χ2v) is 5.54. The molecule has 3 N–H and O–H groups in total. The van der Waals surface area contributed by atoms with E-state index in [0.29, 0.717) is 18.1 Å². The number of nitrogens with one attached hydrogen (secondary N) is 3. The highest BCUT2D eigenvalue weighted by Gasteiger charge is 2.04. The van der Waals surface area contributed by atoms with Gasteiger partial charge in [0.1, 0.15) is 11.6 Å². The van der Waals surface area contributed by atoms with Gasteiger partial charge in [0.25, 0.3) is 0 Å². The fourth-order valence-electron chi connectivity index (χ4n) is 2.42. The number of carbonyl (C=O) groups excluding carboxylic acids is 1. The number of para-hydroxylation sites is 2. The highest BCUT2D eigenvalue weighted by atomic mass is 16.5. The summed E-state index contributed by atoms with van der Waals surface area (Å²) >= 11 is 0. The minimum atomic E-state index is -0.312. The lowest BCUT2D eigenvalue weighted by Crippen LogP contribution is -2.19. The van der Waals surface area contributed by atoms with Crippen LogP contribution in [0, 0.1) is 0 Å². The quantitative estimate of drug-likeness (QED) is 0.619. The first kappa shape index (κ1) is 17.3. The highest BCUT2D eigenvalue weighted by Crippen LogP contribution is 2.19. The van der Waals surface area contributed by atoms with Crippen LogP contribution in [0.15, 0.2) is 72.9 Å². The molecule has 0 saturated carbocycles. The average molecular weight is 348 g/mol. The van der Waals surface area contributed by atoms with Crippen molar-refractivity contribution in [1.82, 2.24) is 4.98 Å². The Bertz CT molecular complexity index is 851. The zero-order valence-electron chi connectivity index (χ0n) is 14.4. The number of amides is 2. The second-order valence-electron chi connectivity index (χ2n) is 5.54. The van der Waals surface area contributed by atoms with Crippen LogP contribution in [0.4, 0.5) is 22.0 Å². The Kier molecular flexibility index (Phi) is 5.67. The summed E-state index contributed by atoms with van der Waals surface area (Å²) in [5.41, 5.74) is 2.38. The fourth-order valence-corrected chi connectivity index (χ4v) is 2.42. The Labute approximate surface area is 152 Å². The molecule has 6 heteroatoms. The van der Waals surface area contributed by atoms with Gasteiger partial charge >= 0.3 is 6.03 Å². The lowest BCUT2D eigenvalue weighted by atomic mass is 10.2. The first-order valence-electron chi connectivity index (χ1n) is 8.19. The predicted octanol–water partition coefficient (Wildman–Crippen LogP) is 4.35. The van der Waals surface area contributed by atoms with E-state index in [1.165, 1.54) is 0 Å². The van der Waals surface area contributed by atoms with Crippen molar-refractivity contribution in [1.29, 1.82) is 0 Å². The Morgan fingerprint density at radius 3 is 2.38 bits per heavy atom. The fraction of sp³-hybridized carbons (Fsp3) is 0.100. The molecule has 1 aromatic heterocycles. The maximum Gasteiger partial charge on any atom is 0.323 e. The van der Waals surface area contributed by atoms with Crippen molar-refractivity contribution in [2.24, 2.45) is 0 Å². The molecular formula is C20H20N4O2. The van der Waals surface area contributed by atoms with Crippen LogP contribution in [0.25, 0.3) is 0 Å². The summed E-state index contributed by atoms with van der Waals surface area (Å²) in [6, 6.07) is 20.4. The Balaban J connectivity index is 1.54. The molecule has 0 radical (unpaired) electrons. The van der Waals surface area contributed by atoms with E-state index in [0.717, 1.165) is 17.0 Å². The number of hydrogen-bond donors (Lipinski definition) is 3. The molecule has 0 bridgehead atoms. The number of ether oxygens (including phenoxy) is 1. The Morgan fingerprint density at radius 1 is 0.923 bits per heavy atom. The standard InChI is InChI=1S/C20H20N4O2/c1-26-18-10-6-5-7-15(18)13-21-19-12-11-17(14-22-19)24-20(25)23-16-8-3-2-4-9-16/h2-12,14H,13H2,1H3,(H,21,22)(H2,23,24,25). The van der Waals surface area contributed by atoms with Gasteiger partial charge in [0, 0.05) is 17.8 Å². The van der Waals surface area contributed by atoms with Gasteiger partial charge in [0.05, 0.1) is 19.0 Å². The van der Waals surface area contributed by atoms with Gasteiger partial charge in [0.2, 0.25) is 0 Å². The maximum absolute atomic E-state index is 12.0. The normalized spacial score (nSPS) is 10.0. The summed E-state index contributed by atoms with van der Waals surface area (Å²) in [6.45, 7) is 0.596. The van der Waals surface area contributed by atoms with Crippen molar-refractivity contribution >= 4 is 23.2 Å². The summed E-state index contributed by atoms with van der Waals surface area (Å²) in [4.78, 5) is 16.3. The van der Waals surface area contributed by atoms with Gasteiger partial charge < -0.3 is 20.7 Å². The van der Waals surface area contributed by atoms with Crippen LogP contribution in [-0.4, -0.2) is 18.1 Å². The van der Waals surface area contributed by atoms with Crippen LogP contribution in [0.5, 0.6) is 5.75 Å². The summed E-state index contributed by atoms with van der Waals surface area (Å²) < 4.78 is 5.33. The van der Waals surface area contributed by atoms with Crippen LogP contribution in [0.2, 0.25) is 0 Å². The molecule has 0 aliphatic heterocycles. The number of benzene rings is 2. The van der Waals surface area contributed by atoms with Gasteiger partial charge in [-0.1, -0.05) is 36.4 Å². The van der Waals surface area contributed by atoms with Gasteiger partial charge in [-0.2, -0.15) is 0 Å². The maximum atomic E-state index is 12.0. The van der Waals surface area contributed by atoms with Crippen molar-refractivity contribution in [3.05, 3.63) is 78.5 Å². The Hall–Kier alpha value is -3.54. The molecule has 2 aromatic carbocycles. The van der Waals surface area contributed by atoms with E-state index in [2.05, 4.69) is 20.9 Å². The summed E-state index contributed by atoms with van der Waals surface area (Å²) in [5, 5.41) is 8.74. The molecule has 26 heavy (non-hydrogen) atoms. The molecule has 0 spiro atoms. The van der Waals surface area contributed by atoms with Crippen molar-refractivity contribution in [3.63, 3.8) is 0 Å². The number of anilines is 3. The molecule has 0 aliphatic carbocycles. The van der Waals surface area contributed by atoms with Gasteiger partial charge in [-0.05, 0) is 30.3 Å². The van der Waals surface area contributed by atoms with E-state index in [1.807, 2.05) is 60.7 Å². The summed E-state index contributed by atoms with van der Waals surface area (Å²) in [6.07, 6.45) is 1.61. The number of aromatic nitrogens is 1. The van der Waals surface area contributed by atoms with Crippen LogP contribution in [-0.2, 0) is 6.54 Å². The average Bonchev–Trinajstić information content (AvgIpc) is 2.68. The third-order valence-corrected chi connectivity index (χ3v) is 3.71. The van der Waals surface area contributed by atoms with Crippen LogP contribution in [0.1, 0.15) is 5.56 Å². The molecule has 3 aromatic rings. The number of hydrogen-bond acceptors (Lipinski definition) is 4. The molecule has 1 heterocycles. The molecule has 2 amide bonds. The molecule has 0 fully saturated rings. The molecule has 3 rings (SSSR count). The molecule has 0 unspecified atom stereocenters. The molecule has 132 valence electrons. The topological polar surface area (TPSA) is 75.3 Å². The predicted molar refractivity (Wildman–Crippen MR) is 104 cm³/mol. The minimum Gasteiger partial charge on any atom is -0.496 e. The minimum absolute atomic E-state index is 0.312. The van der Waals surface area contributed by atoms with Crippen LogP contribution >= 0.6 is 0 Å². The van der Waals surface area contributed by atoms with Gasteiger partial charge in [-0.3, -0.25) is 0 Å². The Morgan fingerprint density at radius 2 is 1.65 bits per heavy atom. The number of methoxy groups -OCH3 is 1. The molecule has 0 atom stereocenters. The molecule has 0 aliphatic rings. The smallest absolute Gasteiger partial charge is 0.323 e. The zero-order valence-corrected chi connectivity index (χ0v) is 14.4. The first-order valence-corrected chi connectivity index (χ1v) is 8.19. The lowest BCUT2D eigenvalue weighted by molar-refractivity contribution is 0.262. The van der Waals surface area contributed by atoms with E-state index >= 15 is 0 Å². The van der Waals surface area contributed by atoms with E-state index in [-0.39, 0.29) is 6.03 Å². The number of rotatable bonds is 6. The third-order valence-electron chi connectivity index (χ3n) is 3.71. The van der Waals surface area contributed by atoms with E-state index in [1.54, 1.807) is 19.4 Å². The highest BCUT2D eigenvalue weighted by molar-refractivity contribution is 5.99. The van der Waals surface area contributed by atoms with Crippen molar-refractivity contribution in [3.8, 4) is 5.75 Å². The zero-order chi connectivity index (χ0) is 18.2. The molecular weight excluding hydrogens is 328 g/mol. The number of pyridine rings is 1. The number of urea groups is 1. The lowest BCUT2D eigenvalue weighted by Gasteiger charge is -2.11. The summed E-state index contributed by atoms with van der Waals surface area (Å²) in [7, 11) is 1.65. The number of carbonyl (C=O) groups is 1. The van der Waals surface area contributed by atoms with Crippen molar-refractivity contribution < 1.29 is 9.53 Å². The van der Waals surface area contributed by atoms with Gasteiger partial charge in [-0.25, -0.2) is 9.78 Å². The van der Waals surface area contributed by atoms with E-state index < -0.39 is 0 Å².